The highest BCUT2D eigenvalue weighted by molar-refractivity contribution is 9.10. The first kappa shape index (κ1) is 27.1. The molecule has 0 heterocycles. The third-order valence-corrected chi connectivity index (χ3v) is 10.5. The number of carbonyl (C=O) groups excluding carboxylic acids is 1. The van der Waals surface area contributed by atoms with E-state index in [0.29, 0.717) is 18.6 Å². The number of hydrogen-bond acceptors (Lipinski definition) is 3. The summed E-state index contributed by atoms with van der Waals surface area (Å²) in [6.07, 6.45) is 2.79. The van der Waals surface area contributed by atoms with Crippen LogP contribution in [0.5, 0.6) is 0 Å². The molecule has 1 atom stereocenters. The van der Waals surface area contributed by atoms with Crippen molar-refractivity contribution in [1.29, 1.82) is 0 Å². The van der Waals surface area contributed by atoms with Crippen molar-refractivity contribution in [3.05, 3.63) is 40.5 Å². The van der Waals surface area contributed by atoms with Crippen LogP contribution >= 0.6 is 15.9 Å². The Bertz CT molecular complexity index is 728. The van der Waals surface area contributed by atoms with Crippen molar-refractivity contribution in [1.82, 2.24) is 5.32 Å². The van der Waals surface area contributed by atoms with E-state index in [-0.39, 0.29) is 10.9 Å². The van der Waals surface area contributed by atoms with Crippen LogP contribution in [0.1, 0.15) is 66.9 Å². The molecule has 0 fully saturated rings. The monoisotopic (exact) mass is 502 g/mol. The summed E-state index contributed by atoms with van der Waals surface area (Å²) < 4.78 is 27.0. The van der Waals surface area contributed by atoms with E-state index in [9.17, 15) is 9.18 Å². The van der Waals surface area contributed by atoms with Gasteiger partial charge >= 0.3 is 6.09 Å². The number of ether oxygens (including phenoxy) is 1. The molecule has 1 radical (unpaired) electrons. The maximum Gasteiger partial charge on any atom is 0.408 e. The lowest BCUT2D eigenvalue weighted by molar-refractivity contribution is 0.0473. The number of unbranched alkanes of at least 4 members (excludes halogenated alkanes) is 1. The van der Waals surface area contributed by atoms with E-state index in [0.717, 1.165) is 10.9 Å². The number of halogens is 2. The van der Waals surface area contributed by atoms with Gasteiger partial charge in [-0.1, -0.05) is 36.7 Å². The Balaban J connectivity index is 2.89. The quantitative estimate of drug-likeness (QED) is 0.298. The fourth-order valence-corrected chi connectivity index (χ4v) is 4.11. The zero-order chi connectivity index (χ0) is 23.4. The highest BCUT2D eigenvalue weighted by Crippen LogP contribution is 2.37. The molecule has 1 aromatic carbocycles. The van der Waals surface area contributed by atoms with Gasteiger partial charge in [0.05, 0.1) is 5.54 Å². The van der Waals surface area contributed by atoms with Crippen molar-refractivity contribution >= 4 is 30.3 Å². The highest BCUT2D eigenvalue weighted by atomic mass is 79.9. The second-order valence-electron chi connectivity index (χ2n) is 10.4. The van der Waals surface area contributed by atoms with E-state index in [1.807, 2.05) is 6.42 Å². The topological polar surface area (TPSA) is 47.6 Å². The van der Waals surface area contributed by atoms with Gasteiger partial charge in [-0.05, 0) is 83.3 Å². The minimum Gasteiger partial charge on any atom is -0.444 e. The van der Waals surface area contributed by atoms with Crippen LogP contribution in [0, 0.1) is 12.2 Å². The molecular formula is C23H38BrFNO3Si. The van der Waals surface area contributed by atoms with Crippen LogP contribution in [-0.4, -0.2) is 26.6 Å². The predicted octanol–water partition coefficient (Wildman–Crippen LogP) is 7.33. The van der Waals surface area contributed by atoms with Crippen LogP contribution in [0.3, 0.4) is 0 Å². The molecule has 0 aromatic heterocycles. The Labute approximate surface area is 191 Å². The smallest absolute Gasteiger partial charge is 0.408 e. The lowest BCUT2D eigenvalue weighted by atomic mass is 9.86. The lowest BCUT2D eigenvalue weighted by Crippen LogP contribution is -2.46. The molecule has 0 aliphatic carbocycles. The zero-order valence-corrected chi connectivity index (χ0v) is 22.5. The molecule has 1 rings (SSSR count). The van der Waals surface area contributed by atoms with Crippen molar-refractivity contribution in [3.63, 3.8) is 0 Å². The van der Waals surface area contributed by atoms with Gasteiger partial charge in [-0.25, -0.2) is 9.18 Å². The summed E-state index contributed by atoms with van der Waals surface area (Å²) in [5, 5.41) is 3.01. The van der Waals surface area contributed by atoms with Crippen LogP contribution in [0.15, 0.2) is 22.7 Å². The standard InChI is InChI=1S/C23H38BrFNO3Si/c1-21(2,3)29-20(27)26-23(7,18-16-17(24)12-13-19(18)25)14-10-11-15-28-30(8,9)22(4,5)6/h12-14,16H,10-11,15H2,1-9H3,(H,26,27)/t23-/m0/s1. The van der Waals surface area contributed by atoms with Gasteiger partial charge in [0.2, 0.25) is 0 Å². The summed E-state index contributed by atoms with van der Waals surface area (Å²) >= 11 is 3.40. The average molecular weight is 504 g/mol. The van der Waals surface area contributed by atoms with Gasteiger partial charge in [0.25, 0.3) is 0 Å². The van der Waals surface area contributed by atoms with Gasteiger partial charge < -0.3 is 14.5 Å². The summed E-state index contributed by atoms with van der Waals surface area (Å²) in [7, 11) is -1.80. The first-order valence-corrected chi connectivity index (χ1v) is 14.1. The second kappa shape index (κ2) is 10.1. The largest absolute Gasteiger partial charge is 0.444 e. The molecule has 4 nitrogen and oxygen atoms in total. The average Bonchev–Trinajstić information content (AvgIpc) is 2.53. The van der Waals surface area contributed by atoms with Crippen molar-refractivity contribution in [2.45, 2.75) is 90.6 Å². The van der Waals surface area contributed by atoms with Gasteiger partial charge in [-0.15, -0.1) is 0 Å². The maximum atomic E-state index is 14.7. The van der Waals surface area contributed by atoms with E-state index in [1.165, 1.54) is 6.07 Å². The number of hydrogen-bond donors (Lipinski definition) is 1. The first-order chi connectivity index (χ1) is 13.5. The third kappa shape index (κ3) is 8.31. The Kier molecular flexibility index (Phi) is 9.16. The van der Waals surface area contributed by atoms with Crippen molar-refractivity contribution in [2.24, 2.45) is 0 Å². The number of rotatable bonds is 8. The molecule has 1 N–H and O–H groups in total. The molecule has 0 saturated carbocycles. The van der Waals surface area contributed by atoms with Crippen LogP contribution in [0.25, 0.3) is 0 Å². The summed E-state index contributed by atoms with van der Waals surface area (Å²) in [5.41, 5.74) is -1.28. The van der Waals surface area contributed by atoms with E-state index in [4.69, 9.17) is 9.16 Å². The van der Waals surface area contributed by atoms with E-state index < -0.39 is 25.6 Å². The zero-order valence-electron chi connectivity index (χ0n) is 19.9. The highest BCUT2D eigenvalue weighted by Gasteiger charge is 2.37. The first-order valence-electron chi connectivity index (χ1n) is 10.4. The Morgan fingerprint density at radius 3 is 2.30 bits per heavy atom. The normalized spacial score (nSPS) is 14.9. The van der Waals surface area contributed by atoms with E-state index >= 15 is 0 Å². The van der Waals surface area contributed by atoms with Crippen molar-refractivity contribution in [2.75, 3.05) is 6.61 Å². The minimum atomic E-state index is -1.80. The Hall–Kier alpha value is -0.923. The summed E-state index contributed by atoms with van der Waals surface area (Å²) in [4.78, 5) is 12.5. The number of benzene rings is 1. The number of alkyl carbamates (subject to hydrolysis) is 1. The molecule has 171 valence electrons. The fourth-order valence-electron chi connectivity index (χ4n) is 2.66. The van der Waals surface area contributed by atoms with Crippen LogP contribution in [-0.2, 0) is 14.7 Å². The minimum absolute atomic E-state index is 0.156. The number of nitrogens with one attached hydrogen (secondary N) is 1. The summed E-state index contributed by atoms with van der Waals surface area (Å²) in [6, 6.07) is 4.72. The summed E-state index contributed by atoms with van der Waals surface area (Å²) in [5.74, 6) is -0.384. The van der Waals surface area contributed by atoms with Crippen molar-refractivity contribution in [3.8, 4) is 0 Å². The molecule has 1 amide bonds. The van der Waals surface area contributed by atoms with Gasteiger partial charge in [-0.2, -0.15) is 0 Å². The predicted molar refractivity (Wildman–Crippen MR) is 128 cm³/mol. The molecule has 0 unspecified atom stereocenters. The molecule has 0 aliphatic rings. The van der Waals surface area contributed by atoms with Gasteiger partial charge in [0.1, 0.15) is 11.4 Å². The SMILES string of the molecule is CC(C)(C)OC(=O)N[C@@](C)([CH]CCCO[Si](C)(C)C(C)(C)C)c1cc(Br)ccc1F. The fraction of sp³-hybridized carbons (Fsp3) is 0.652. The van der Waals surface area contributed by atoms with Crippen LogP contribution in [0.2, 0.25) is 18.1 Å². The molecule has 0 saturated heterocycles. The molecule has 0 spiro atoms. The molecular weight excluding hydrogens is 465 g/mol. The number of amides is 1. The van der Waals surface area contributed by atoms with Gasteiger partial charge in [0.15, 0.2) is 8.32 Å². The Morgan fingerprint density at radius 1 is 1.17 bits per heavy atom. The molecule has 7 heteroatoms. The Morgan fingerprint density at radius 2 is 1.77 bits per heavy atom. The summed E-state index contributed by atoms with van der Waals surface area (Å²) in [6.45, 7) is 18.9. The van der Waals surface area contributed by atoms with Crippen LogP contribution < -0.4 is 5.32 Å². The van der Waals surface area contributed by atoms with E-state index in [1.54, 1.807) is 39.8 Å². The molecule has 1 aromatic rings. The molecule has 30 heavy (non-hydrogen) atoms. The lowest BCUT2D eigenvalue weighted by Gasteiger charge is -2.36. The third-order valence-electron chi connectivity index (χ3n) is 5.42. The maximum absolute atomic E-state index is 14.7. The van der Waals surface area contributed by atoms with Crippen LogP contribution in [0.4, 0.5) is 9.18 Å². The molecule has 0 bridgehead atoms. The molecule has 0 aliphatic heterocycles. The van der Waals surface area contributed by atoms with Crippen molar-refractivity contribution < 1.29 is 18.3 Å². The number of carbonyl (C=O) groups is 1. The van der Waals surface area contributed by atoms with Gasteiger partial charge in [0, 0.05) is 16.6 Å². The second-order valence-corrected chi connectivity index (χ2v) is 16.1. The van der Waals surface area contributed by atoms with E-state index in [2.05, 4.69) is 55.1 Å². The van der Waals surface area contributed by atoms with Gasteiger partial charge in [-0.3, -0.25) is 0 Å².